The van der Waals surface area contributed by atoms with Crippen LogP contribution < -0.4 is 5.73 Å². The molecular formula is C11H22N4O. The minimum absolute atomic E-state index is 0.117. The smallest absolute Gasteiger partial charge is 0.226 e. The molecule has 1 heterocycles. The van der Waals surface area contributed by atoms with E-state index in [9.17, 15) is 0 Å². The summed E-state index contributed by atoms with van der Waals surface area (Å²) in [6, 6.07) is 0. The van der Waals surface area contributed by atoms with Gasteiger partial charge in [-0.15, -0.1) is 0 Å². The van der Waals surface area contributed by atoms with Crippen LogP contribution in [0.25, 0.3) is 0 Å². The molecule has 5 heteroatoms. The van der Waals surface area contributed by atoms with Crippen molar-refractivity contribution in [2.45, 2.75) is 33.7 Å². The van der Waals surface area contributed by atoms with Crippen molar-refractivity contribution in [2.24, 2.45) is 11.1 Å². The summed E-state index contributed by atoms with van der Waals surface area (Å²) >= 11 is 0. The Hall–Kier alpha value is -0.940. The maximum Gasteiger partial charge on any atom is 0.226 e. The summed E-state index contributed by atoms with van der Waals surface area (Å²) in [6.45, 7) is 8.59. The highest BCUT2D eigenvalue weighted by molar-refractivity contribution is 4.86. The molecule has 16 heavy (non-hydrogen) atoms. The lowest BCUT2D eigenvalue weighted by molar-refractivity contribution is 0.204. The van der Waals surface area contributed by atoms with Crippen LogP contribution in [0.4, 0.5) is 0 Å². The number of hydrogen-bond acceptors (Lipinski definition) is 5. The molecule has 0 aromatic carbocycles. The van der Waals surface area contributed by atoms with E-state index in [2.05, 4.69) is 28.9 Å². The van der Waals surface area contributed by atoms with E-state index in [1.807, 2.05) is 14.0 Å². The van der Waals surface area contributed by atoms with E-state index >= 15 is 0 Å². The molecule has 0 spiro atoms. The molecule has 0 fully saturated rings. The van der Waals surface area contributed by atoms with Crippen LogP contribution >= 0.6 is 0 Å². The van der Waals surface area contributed by atoms with Gasteiger partial charge in [-0.1, -0.05) is 25.9 Å². The zero-order chi connectivity index (χ0) is 12.2. The summed E-state index contributed by atoms with van der Waals surface area (Å²) in [5.41, 5.74) is 5.81. The van der Waals surface area contributed by atoms with E-state index in [1.165, 1.54) is 0 Å². The minimum Gasteiger partial charge on any atom is -0.339 e. The summed E-state index contributed by atoms with van der Waals surface area (Å²) in [6.07, 6.45) is 0.783. The predicted octanol–water partition coefficient (Wildman–Crippen LogP) is 1.05. The normalized spacial score (nSPS) is 12.4. The second-order valence-corrected chi connectivity index (χ2v) is 5.00. The number of rotatable bonds is 6. The summed E-state index contributed by atoms with van der Waals surface area (Å²) in [4.78, 5) is 6.44. The number of aryl methyl sites for hydroxylation is 1. The molecular weight excluding hydrogens is 204 g/mol. The fourth-order valence-electron chi connectivity index (χ4n) is 1.59. The molecule has 5 nitrogen and oxygen atoms in total. The van der Waals surface area contributed by atoms with E-state index in [1.54, 1.807) is 0 Å². The summed E-state index contributed by atoms with van der Waals surface area (Å²) in [5.74, 6) is 1.44. The lowest BCUT2D eigenvalue weighted by Crippen LogP contribution is -2.36. The van der Waals surface area contributed by atoms with Gasteiger partial charge in [-0.05, 0) is 19.0 Å². The van der Waals surface area contributed by atoms with Crippen molar-refractivity contribution in [3.63, 3.8) is 0 Å². The fraction of sp³-hybridized carbons (Fsp3) is 0.818. The van der Waals surface area contributed by atoms with Crippen LogP contribution in [0, 0.1) is 5.41 Å². The zero-order valence-electron chi connectivity index (χ0n) is 10.7. The maximum atomic E-state index is 5.70. The molecule has 0 unspecified atom stereocenters. The van der Waals surface area contributed by atoms with Crippen LogP contribution in [-0.2, 0) is 13.0 Å². The third-order valence-corrected chi connectivity index (χ3v) is 2.47. The van der Waals surface area contributed by atoms with Gasteiger partial charge in [0.05, 0.1) is 6.54 Å². The van der Waals surface area contributed by atoms with Gasteiger partial charge >= 0.3 is 0 Å². The highest BCUT2D eigenvalue weighted by Crippen LogP contribution is 2.14. The minimum atomic E-state index is 0.117. The number of aromatic nitrogens is 2. The topological polar surface area (TPSA) is 68.2 Å². The molecule has 2 N–H and O–H groups in total. The Labute approximate surface area is 97.0 Å². The van der Waals surface area contributed by atoms with Crippen molar-refractivity contribution in [2.75, 3.05) is 20.1 Å². The monoisotopic (exact) mass is 226 g/mol. The first-order chi connectivity index (χ1) is 7.46. The van der Waals surface area contributed by atoms with Crippen molar-refractivity contribution in [1.29, 1.82) is 0 Å². The average Bonchev–Trinajstić information content (AvgIpc) is 2.64. The standard InChI is InChI=1S/C11H22N4O/c1-5-10-13-9(14-16-10)6-15(4)8-11(2,3)7-12/h5-8,12H2,1-4H3. The third kappa shape index (κ3) is 3.90. The van der Waals surface area contributed by atoms with Crippen molar-refractivity contribution >= 4 is 0 Å². The molecule has 0 bridgehead atoms. The van der Waals surface area contributed by atoms with Gasteiger partial charge in [0.25, 0.3) is 0 Å². The van der Waals surface area contributed by atoms with E-state index in [0.29, 0.717) is 19.0 Å². The Morgan fingerprint density at radius 2 is 2.12 bits per heavy atom. The second kappa shape index (κ2) is 5.41. The van der Waals surface area contributed by atoms with E-state index in [4.69, 9.17) is 10.3 Å². The van der Waals surface area contributed by atoms with Crippen LogP contribution in [0.5, 0.6) is 0 Å². The molecule has 1 aromatic rings. The first-order valence-corrected chi connectivity index (χ1v) is 5.67. The van der Waals surface area contributed by atoms with Crippen molar-refractivity contribution in [3.8, 4) is 0 Å². The Morgan fingerprint density at radius 3 is 2.62 bits per heavy atom. The maximum absolute atomic E-state index is 5.70. The van der Waals surface area contributed by atoms with Crippen LogP contribution in [-0.4, -0.2) is 35.2 Å². The van der Waals surface area contributed by atoms with E-state index < -0.39 is 0 Å². The SMILES string of the molecule is CCc1nc(CN(C)CC(C)(C)CN)no1. The predicted molar refractivity (Wildman–Crippen MR) is 62.8 cm³/mol. The van der Waals surface area contributed by atoms with Gasteiger partial charge in [-0.3, -0.25) is 4.90 Å². The van der Waals surface area contributed by atoms with Gasteiger partial charge in [-0.25, -0.2) is 0 Å². The highest BCUT2D eigenvalue weighted by Gasteiger charge is 2.19. The Balaban J connectivity index is 2.48. The van der Waals surface area contributed by atoms with Crippen LogP contribution in [0.15, 0.2) is 4.52 Å². The van der Waals surface area contributed by atoms with Gasteiger partial charge < -0.3 is 10.3 Å². The largest absolute Gasteiger partial charge is 0.339 e. The van der Waals surface area contributed by atoms with Gasteiger partial charge in [0.1, 0.15) is 0 Å². The van der Waals surface area contributed by atoms with Gasteiger partial charge in [0.2, 0.25) is 5.89 Å². The summed E-state index contributed by atoms with van der Waals surface area (Å²) < 4.78 is 5.06. The van der Waals surface area contributed by atoms with Gasteiger partial charge in [0, 0.05) is 13.0 Å². The van der Waals surface area contributed by atoms with Crippen molar-refractivity contribution in [3.05, 3.63) is 11.7 Å². The second-order valence-electron chi connectivity index (χ2n) is 5.00. The summed E-state index contributed by atoms with van der Waals surface area (Å²) in [5, 5.41) is 3.92. The Kier molecular flexibility index (Phi) is 4.44. The fourth-order valence-corrected chi connectivity index (χ4v) is 1.59. The number of nitrogens with zero attached hydrogens (tertiary/aromatic N) is 3. The number of nitrogens with two attached hydrogens (primary N) is 1. The molecule has 0 atom stereocenters. The molecule has 0 amide bonds. The first kappa shape index (κ1) is 13.1. The van der Waals surface area contributed by atoms with Crippen molar-refractivity contribution < 1.29 is 4.52 Å². The molecule has 0 aliphatic rings. The Morgan fingerprint density at radius 1 is 1.44 bits per heavy atom. The molecule has 0 radical (unpaired) electrons. The Bertz CT molecular complexity index is 322. The molecule has 92 valence electrons. The highest BCUT2D eigenvalue weighted by atomic mass is 16.5. The van der Waals surface area contributed by atoms with Crippen LogP contribution in [0.3, 0.4) is 0 Å². The molecule has 0 aliphatic carbocycles. The average molecular weight is 226 g/mol. The zero-order valence-corrected chi connectivity index (χ0v) is 10.7. The van der Waals surface area contributed by atoms with Crippen LogP contribution in [0.2, 0.25) is 0 Å². The lowest BCUT2D eigenvalue weighted by atomic mass is 9.93. The molecule has 0 saturated carbocycles. The first-order valence-electron chi connectivity index (χ1n) is 5.67. The van der Waals surface area contributed by atoms with Crippen LogP contribution in [0.1, 0.15) is 32.5 Å². The number of hydrogen-bond donors (Lipinski definition) is 1. The van der Waals surface area contributed by atoms with Gasteiger partial charge in [0.15, 0.2) is 5.82 Å². The quantitative estimate of drug-likeness (QED) is 0.785. The van der Waals surface area contributed by atoms with E-state index in [0.717, 1.165) is 18.8 Å². The van der Waals surface area contributed by atoms with Crippen molar-refractivity contribution in [1.82, 2.24) is 15.0 Å². The molecule has 0 saturated heterocycles. The van der Waals surface area contributed by atoms with E-state index in [-0.39, 0.29) is 5.41 Å². The third-order valence-electron chi connectivity index (χ3n) is 2.47. The molecule has 0 aliphatic heterocycles. The lowest BCUT2D eigenvalue weighted by Gasteiger charge is -2.28. The molecule has 1 rings (SSSR count). The molecule has 1 aromatic heterocycles. The summed E-state index contributed by atoms with van der Waals surface area (Å²) in [7, 11) is 2.04. The van der Waals surface area contributed by atoms with Gasteiger partial charge in [-0.2, -0.15) is 4.98 Å².